The number of carbonyl (C=O) groups excluding carboxylic acids is 1. The predicted molar refractivity (Wildman–Crippen MR) is 86.3 cm³/mol. The molecule has 8 heteroatoms. The highest BCUT2D eigenvalue weighted by atomic mass is 127. The molecule has 0 atom stereocenters. The van der Waals surface area contributed by atoms with Crippen molar-refractivity contribution >= 4 is 69.0 Å². The van der Waals surface area contributed by atoms with E-state index in [1.54, 1.807) is 12.1 Å². The van der Waals surface area contributed by atoms with E-state index in [1.807, 2.05) is 22.6 Å². The van der Waals surface area contributed by atoms with Crippen LogP contribution in [-0.4, -0.2) is 10.9 Å². The molecule has 1 aromatic heterocycles. The van der Waals surface area contributed by atoms with Crippen LogP contribution in [0.4, 0.5) is 10.1 Å². The summed E-state index contributed by atoms with van der Waals surface area (Å²) in [5.41, 5.74) is -0.0261. The summed E-state index contributed by atoms with van der Waals surface area (Å²) in [6.07, 6.45) is 1.28. The number of nitrogens with zero attached hydrogens (tertiary/aromatic N) is 1. The molecule has 2 aromatic rings. The van der Waals surface area contributed by atoms with Gasteiger partial charge >= 0.3 is 0 Å². The molecule has 20 heavy (non-hydrogen) atoms. The quantitative estimate of drug-likeness (QED) is 0.520. The molecule has 0 spiro atoms. The average molecular weight is 445 g/mol. The Kier molecular flexibility index (Phi) is 5.06. The molecular weight excluding hydrogens is 440 g/mol. The van der Waals surface area contributed by atoms with Gasteiger partial charge < -0.3 is 5.32 Å². The normalized spacial score (nSPS) is 10.4. The van der Waals surface area contributed by atoms with Crippen molar-refractivity contribution in [2.24, 2.45) is 0 Å². The average Bonchev–Trinajstić information content (AvgIpc) is 2.33. The second-order valence-corrected chi connectivity index (χ2v) is 6.08. The Morgan fingerprint density at radius 3 is 2.45 bits per heavy atom. The maximum absolute atomic E-state index is 13.7. The lowest BCUT2D eigenvalue weighted by molar-refractivity contribution is 0.102. The van der Waals surface area contributed by atoms with Crippen LogP contribution in [0.25, 0.3) is 0 Å². The lowest BCUT2D eigenvalue weighted by Gasteiger charge is -2.10. The maximum atomic E-state index is 13.7. The zero-order valence-corrected chi connectivity index (χ0v) is 14.0. The molecule has 1 amide bonds. The monoisotopic (exact) mass is 444 g/mol. The number of aromatic nitrogens is 1. The van der Waals surface area contributed by atoms with Crippen LogP contribution in [-0.2, 0) is 0 Å². The van der Waals surface area contributed by atoms with Gasteiger partial charge in [-0.05, 0) is 40.8 Å². The second kappa shape index (κ2) is 6.43. The van der Waals surface area contributed by atoms with E-state index in [-0.39, 0.29) is 26.4 Å². The molecule has 0 radical (unpaired) electrons. The molecule has 1 heterocycles. The van der Waals surface area contributed by atoms with Crippen LogP contribution in [0.3, 0.4) is 0 Å². The van der Waals surface area contributed by atoms with Crippen molar-refractivity contribution < 1.29 is 9.18 Å². The molecule has 0 unspecified atom stereocenters. The summed E-state index contributed by atoms with van der Waals surface area (Å²) in [7, 11) is 0. The number of halogens is 5. The summed E-state index contributed by atoms with van der Waals surface area (Å²) in [6.45, 7) is 0. The van der Waals surface area contributed by atoms with Crippen molar-refractivity contribution in [3.05, 3.63) is 54.5 Å². The number of benzene rings is 1. The lowest BCUT2D eigenvalue weighted by Crippen LogP contribution is -2.14. The first-order valence-corrected chi connectivity index (χ1v) is 7.37. The topological polar surface area (TPSA) is 42.0 Å². The van der Waals surface area contributed by atoms with Crippen LogP contribution in [0.1, 0.15) is 10.4 Å². The summed E-state index contributed by atoms with van der Waals surface area (Å²) in [5, 5.41) is 2.39. The molecular formula is C12H5Cl3FIN2O. The Bertz CT molecular complexity index is 673. The summed E-state index contributed by atoms with van der Waals surface area (Å²) in [4.78, 5) is 15.7. The van der Waals surface area contributed by atoms with E-state index >= 15 is 0 Å². The van der Waals surface area contributed by atoms with Crippen molar-refractivity contribution in [3.8, 4) is 0 Å². The van der Waals surface area contributed by atoms with Crippen LogP contribution < -0.4 is 5.32 Å². The highest BCUT2D eigenvalue weighted by Crippen LogP contribution is 2.29. The van der Waals surface area contributed by atoms with Crippen molar-refractivity contribution in [3.63, 3.8) is 0 Å². The molecule has 0 aliphatic rings. The number of anilines is 1. The number of pyridine rings is 1. The van der Waals surface area contributed by atoms with Gasteiger partial charge in [0.2, 0.25) is 0 Å². The van der Waals surface area contributed by atoms with E-state index in [0.29, 0.717) is 0 Å². The number of hydrogen-bond acceptors (Lipinski definition) is 2. The second-order valence-electron chi connectivity index (χ2n) is 3.66. The Balaban J connectivity index is 2.36. The molecule has 1 aromatic carbocycles. The van der Waals surface area contributed by atoms with Crippen LogP contribution in [0.2, 0.25) is 15.2 Å². The number of nitrogens with one attached hydrogen (secondary N) is 1. The van der Waals surface area contributed by atoms with Gasteiger partial charge in [0, 0.05) is 9.77 Å². The van der Waals surface area contributed by atoms with Gasteiger partial charge in [0.05, 0.1) is 21.3 Å². The summed E-state index contributed by atoms with van der Waals surface area (Å²) < 4.78 is 14.5. The summed E-state index contributed by atoms with van der Waals surface area (Å²) >= 11 is 19.5. The maximum Gasteiger partial charge on any atom is 0.258 e. The van der Waals surface area contributed by atoms with E-state index in [9.17, 15) is 9.18 Å². The van der Waals surface area contributed by atoms with Gasteiger partial charge in [-0.3, -0.25) is 4.79 Å². The van der Waals surface area contributed by atoms with E-state index in [2.05, 4.69) is 10.3 Å². The molecule has 0 aliphatic carbocycles. The first-order chi connectivity index (χ1) is 9.40. The zero-order valence-electron chi connectivity index (χ0n) is 9.55. The van der Waals surface area contributed by atoms with Gasteiger partial charge in [-0.2, -0.15) is 0 Å². The molecule has 0 bridgehead atoms. The van der Waals surface area contributed by atoms with E-state index in [1.165, 1.54) is 12.3 Å². The fraction of sp³-hybridized carbons (Fsp3) is 0. The highest BCUT2D eigenvalue weighted by molar-refractivity contribution is 14.1. The number of hydrogen-bond donors (Lipinski definition) is 1. The van der Waals surface area contributed by atoms with E-state index < -0.39 is 11.7 Å². The predicted octanol–water partition coefficient (Wildman–Crippen LogP) is 5.04. The Morgan fingerprint density at radius 1 is 1.25 bits per heavy atom. The molecule has 0 fully saturated rings. The molecule has 2 rings (SSSR count). The van der Waals surface area contributed by atoms with Gasteiger partial charge in [-0.25, -0.2) is 9.37 Å². The van der Waals surface area contributed by atoms with Gasteiger partial charge in [-0.15, -0.1) is 0 Å². The Hall–Kier alpha value is -0.630. The van der Waals surface area contributed by atoms with Crippen LogP contribution in [0.15, 0.2) is 24.4 Å². The van der Waals surface area contributed by atoms with Gasteiger partial charge in [0.15, 0.2) is 11.0 Å². The smallest absolute Gasteiger partial charge is 0.258 e. The standard InChI is InChI=1S/C12H5Cl3FIN2O/c13-6-3-5(17)4-7(14)9(6)12(20)19-8-1-2-18-11(15)10(8)16/h1-4H,(H,18,19,20). The summed E-state index contributed by atoms with van der Waals surface area (Å²) in [5.74, 6) is -1.45. The minimum Gasteiger partial charge on any atom is -0.319 e. The fourth-order valence-electron chi connectivity index (χ4n) is 1.46. The molecule has 0 aliphatic heterocycles. The Morgan fingerprint density at radius 2 is 1.85 bits per heavy atom. The van der Waals surface area contributed by atoms with Crippen molar-refractivity contribution in [1.29, 1.82) is 0 Å². The van der Waals surface area contributed by atoms with Gasteiger partial charge in [0.1, 0.15) is 0 Å². The molecule has 0 saturated carbocycles. The molecule has 1 N–H and O–H groups in total. The van der Waals surface area contributed by atoms with E-state index in [4.69, 9.17) is 34.8 Å². The van der Waals surface area contributed by atoms with Crippen molar-refractivity contribution in [1.82, 2.24) is 4.98 Å². The van der Waals surface area contributed by atoms with Crippen molar-refractivity contribution in [2.45, 2.75) is 0 Å². The fourth-order valence-corrected chi connectivity index (χ4v) is 3.27. The summed E-state index contributed by atoms with van der Waals surface area (Å²) in [6, 6.07) is 4.45. The van der Waals surface area contributed by atoms with Gasteiger partial charge in [0.25, 0.3) is 5.91 Å². The molecule has 0 saturated heterocycles. The zero-order chi connectivity index (χ0) is 14.9. The van der Waals surface area contributed by atoms with Crippen LogP contribution in [0, 0.1) is 9.39 Å². The molecule has 104 valence electrons. The van der Waals surface area contributed by atoms with E-state index in [0.717, 1.165) is 3.57 Å². The number of amides is 1. The highest BCUT2D eigenvalue weighted by Gasteiger charge is 2.18. The minimum atomic E-state index is -0.819. The SMILES string of the molecule is O=C(Nc1ccnc(Cl)c1F)c1c(Cl)cc(I)cc1Cl. The number of rotatable bonds is 2. The number of carbonyl (C=O) groups is 1. The third kappa shape index (κ3) is 3.33. The lowest BCUT2D eigenvalue weighted by atomic mass is 10.2. The van der Waals surface area contributed by atoms with Crippen molar-refractivity contribution in [2.75, 3.05) is 5.32 Å². The largest absolute Gasteiger partial charge is 0.319 e. The first-order valence-electron chi connectivity index (χ1n) is 5.16. The Labute approximate surface area is 142 Å². The first kappa shape index (κ1) is 15.8. The van der Waals surface area contributed by atoms with Gasteiger partial charge in [-0.1, -0.05) is 34.8 Å². The van der Waals surface area contributed by atoms with Crippen LogP contribution in [0.5, 0.6) is 0 Å². The van der Waals surface area contributed by atoms with Crippen LogP contribution >= 0.6 is 57.4 Å². The third-order valence-electron chi connectivity index (χ3n) is 2.33. The third-order valence-corrected chi connectivity index (χ3v) is 3.81. The minimum absolute atomic E-state index is 0.0704. The molecule has 3 nitrogen and oxygen atoms in total.